The van der Waals surface area contributed by atoms with Crippen LogP contribution in [0.25, 0.3) is 0 Å². The number of phenols is 1. The largest absolute Gasteiger partial charge is 0.508 e. The number of nitrogens with one attached hydrogen (secondary N) is 1. The number of rotatable bonds is 2. The van der Waals surface area contributed by atoms with E-state index in [2.05, 4.69) is 5.43 Å². The molecule has 0 radical (unpaired) electrons. The number of carbonyl (C=O) groups excluding carboxylic acids is 3. The number of hydrazine groups is 1. The van der Waals surface area contributed by atoms with E-state index < -0.39 is 5.91 Å². The maximum atomic E-state index is 12.2. The van der Waals surface area contributed by atoms with E-state index in [4.69, 9.17) is 0 Å². The number of nitrogens with zero attached hydrogens (tertiary/aromatic N) is 1. The van der Waals surface area contributed by atoms with Crippen molar-refractivity contribution in [3.05, 3.63) is 29.8 Å². The zero-order valence-electron chi connectivity index (χ0n) is 11.4. The SMILES string of the molecule is O=C(NN1C(=O)[C@H]2CCCC[C@H]2C1=O)c1ccc(O)cc1. The average Bonchev–Trinajstić information content (AvgIpc) is 2.73. The normalized spacial score (nSPS) is 24.9. The predicted octanol–water partition coefficient (Wildman–Crippen LogP) is 1.21. The van der Waals surface area contributed by atoms with Gasteiger partial charge in [0.05, 0.1) is 11.8 Å². The predicted molar refractivity (Wildman–Crippen MR) is 72.9 cm³/mol. The molecule has 3 amide bonds. The summed E-state index contributed by atoms with van der Waals surface area (Å²) in [6, 6.07) is 5.62. The fraction of sp³-hybridized carbons (Fsp3) is 0.400. The highest BCUT2D eigenvalue weighted by Crippen LogP contribution is 2.37. The number of phenolic OH excluding ortho intramolecular Hbond substituents is 1. The second kappa shape index (κ2) is 5.20. The van der Waals surface area contributed by atoms with Crippen molar-refractivity contribution in [2.24, 2.45) is 11.8 Å². The van der Waals surface area contributed by atoms with Gasteiger partial charge in [-0.25, -0.2) is 0 Å². The number of amides is 3. The minimum absolute atomic E-state index is 0.0471. The van der Waals surface area contributed by atoms with Crippen LogP contribution >= 0.6 is 0 Å². The molecule has 1 aromatic carbocycles. The first-order valence-electron chi connectivity index (χ1n) is 7.06. The van der Waals surface area contributed by atoms with Crippen molar-refractivity contribution in [3.63, 3.8) is 0 Å². The van der Waals surface area contributed by atoms with Crippen molar-refractivity contribution >= 4 is 17.7 Å². The third-order valence-electron chi connectivity index (χ3n) is 4.18. The summed E-state index contributed by atoms with van der Waals surface area (Å²) < 4.78 is 0. The van der Waals surface area contributed by atoms with Crippen molar-refractivity contribution < 1.29 is 19.5 Å². The van der Waals surface area contributed by atoms with E-state index in [0.29, 0.717) is 12.8 Å². The van der Waals surface area contributed by atoms with Gasteiger partial charge in [-0.1, -0.05) is 12.8 Å². The Balaban J connectivity index is 1.75. The summed E-state index contributed by atoms with van der Waals surface area (Å²) in [6.45, 7) is 0. The van der Waals surface area contributed by atoms with Crippen LogP contribution in [0.1, 0.15) is 36.0 Å². The fourth-order valence-electron chi connectivity index (χ4n) is 3.05. The Hall–Kier alpha value is -2.37. The van der Waals surface area contributed by atoms with Gasteiger partial charge in [0.15, 0.2) is 0 Å². The third kappa shape index (κ3) is 2.37. The molecular weight excluding hydrogens is 272 g/mol. The van der Waals surface area contributed by atoms with Crippen LogP contribution in [0.5, 0.6) is 5.75 Å². The van der Waals surface area contributed by atoms with Crippen molar-refractivity contribution in [2.75, 3.05) is 0 Å². The smallest absolute Gasteiger partial charge is 0.270 e. The van der Waals surface area contributed by atoms with E-state index in [0.717, 1.165) is 17.9 Å². The summed E-state index contributed by atoms with van der Waals surface area (Å²) in [6.07, 6.45) is 3.31. The quantitative estimate of drug-likeness (QED) is 0.801. The molecule has 2 N–H and O–H groups in total. The molecule has 6 nitrogen and oxygen atoms in total. The molecule has 1 heterocycles. The summed E-state index contributed by atoms with van der Waals surface area (Å²) in [5.41, 5.74) is 2.67. The van der Waals surface area contributed by atoms with Crippen LogP contribution in [0.4, 0.5) is 0 Å². The van der Waals surface area contributed by atoms with Gasteiger partial charge >= 0.3 is 0 Å². The van der Waals surface area contributed by atoms with Crippen LogP contribution in [-0.2, 0) is 9.59 Å². The minimum atomic E-state index is -0.532. The van der Waals surface area contributed by atoms with Crippen LogP contribution < -0.4 is 5.43 Å². The zero-order chi connectivity index (χ0) is 15.0. The third-order valence-corrected chi connectivity index (χ3v) is 4.18. The zero-order valence-corrected chi connectivity index (χ0v) is 11.4. The first-order chi connectivity index (χ1) is 10.1. The van der Waals surface area contributed by atoms with Crippen LogP contribution in [-0.4, -0.2) is 27.8 Å². The van der Waals surface area contributed by atoms with Crippen molar-refractivity contribution in [2.45, 2.75) is 25.7 Å². The number of benzene rings is 1. The van der Waals surface area contributed by atoms with E-state index in [-0.39, 0.29) is 35.0 Å². The lowest BCUT2D eigenvalue weighted by molar-refractivity contribution is -0.142. The molecule has 2 fully saturated rings. The van der Waals surface area contributed by atoms with Crippen molar-refractivity contribution in [1.29, 1.82) is 0 Å². The number of imide groups is 1. The molecule has 0 bridgehead atoms. The van der Waals surface area contributed by atoms with E-state index >= 15 is 0 Å². The summed E-state index contributed by atoms with van der Waals surface area (Å²) in [5, 5.41) is 10.1. The van der Waals surface area contributed by atoms with Gasteiger partial charge in [-0.3, -0.25) is 19.8 Å². The lowest BCUT2D eigenvalue weighted by Crippen LogP contribution is -2.46. The molecule has 0 unspecified atom stereocenters. The molecule has 110 valence electrons. The molecule has 1 aromatic rings. The first-order valence-corrected chi connectivity index (χ1v) is 7.06. The lowest BCUT2D eigenvalue weighted by atomic mass is 9.81. The maximum absolute atomic E-state index is 12.2. The fourth-order valence-corrected chi connectivity index (χ4v) is 3.05. The molecule has 6 heteroatoms. The molecule has 2 aliphatic rings. The Kier molecular flexibility index (Phi) is 3.37. The Morgan fingerprint density at radius 2 is 1.57 bits per heavy atom. The average molecular weight is 288 g/mol. The Morgan fingerprint density at radius 1 is 1.05 bits per heavy atom. The molecule has 2 atom stereocenters. The Morgan fingerprint density at radius 3 is 2.10 bits per heavy atom. The Bertz CT molecular complexity index is 572. The second-order valence-corrected chi connectivity index (χ2v) is 5.50. The molecule has 0 aromatic heterocycles. The highest BCUT2D eigenvalue weighted by Gasteiger charge is 2.49. The van der Waals surface area contributed by atoms with E-state index in [1.807, 2.05) is 0 Å². The molecular formula is C15H16N2O4. The van der Waals surface area contributed by atoms with Gasteiger partial charge in [0, 0.05) is 5.56 Å². The molecule has 1 aliphatic heterocycles. The van der Waals surface area contributed by atoms with Gasteiger partial charge in [0.25, 0.3) is 17.7 Å². The molecule has 0 spiro atoms. The molecule has 1 aliphatic carbocycles. The molecule has 3 rings (SSSR count). The minimum Gasteiger partial charge on any atom is -0.508 e. The summed E-state index contributed by atoms with van der Waals surface area (Å²) in [4.78, 5) is 36.5. The van der Waals surface area contributed by atoms with Gasteiger partial charge in [-0.05, 0) is 37.1 Å². The van der Waals surface area contributed by atoms with Gasteiger partial charge in [-0.2, -0.15) is 5.01 Å². The number of hydrogen-bond acceptors (Lipinski definition) is 4. The first kappa shape index (κ1) is 13.6. The molecule has 21 heavy (non-hydrogen) atoms. The van der Waals surface area contributed by atoms with Crippen LogP contribution in [0.3, 0.4) is 0 Å². The van der Waals surface area contributed by atoms with Crippen molar-refractivity contribution in [1.82, 2.24) is 10.4 Å². The number of fused-ring (bicyclic) bond motifs is 1. The van der Waals surface area contributed by atoms with Gasteiger partial charge < -0.3 is 5.11 Å². The molecule has 1 saturated carbocycles. The molecule has 1 saturated heterocycles. The number of aromatic hydroxyl groups is 1. The van der Waals surface area contributed by atoms with Gasteiger partial charge in [0.1, 0.15) is 5.75 Å². The topological polar surface area (TPSA) is 86.7 Å². The number of carbonyl (C=O) groups is 3. The van der Waals surface area contributed by atoms with E-state index in [1.54, 1.807) is 0 Å². The Labute approximate surface area is 121 Å². The maximum Gasteiger partial charge on any atom is 0.270 e. The summed E-state index contributed by atoms with van der Waals surface area (Å²) in [7, 11) is 0. The van der Waals surface area contributed by atoms with E-state index in [1.165, 1.54) is 24.3 Å². The van der Waals surface area contributed by atoms with Crippen molar-refractivity contribution in [3.8, 4) is 5.75 Å². The standard InChI is InChI=1S/C15H16N2O4/c18-10-7-5-9(6-8-10)13(19)16-17-14(20)11-3-1-2-4-12(11)15(17)21/h5-8,11-12,18H,1-4H2,(H,16,19)/t11-,12+. The number of hydrogen-bond donors (Lipinski definition) is 2. The summed E-state index contributed by atoms with van der Waals surface area (Å²) >= 11 is 0. The monoisotopic (exact) mass is 288 g/mol. The highest BCUT2D eigenvalue weighted by atomic mass is 16.3. The summed E-state index contributed by atoms with van der Waals surface area (Å²) in [5.74, 6) is -1.67. The van der Waals surface area contributed by atoms with E-state index in [9.17, 15) is 19.5 Å². The van der Waals surface area contributed by atoms with Gasteiger partial charge in [0.2, 0.25) is 0 Å². The second-order valence-electron chi connectivity index (χ2n) is 5.50. The highest BCUT2D eigenvalue weighted by molar-refractivity contribution is 6.07. The van der Waals surface area contributed by atoms with Gasteiger partial charge in [-0.15, -0.1) is 0 Å². The van der Waals surface area contributed by atoms with Crippen LogP contribution in [0, 0.1) is 11.8 Å². The van der Waals surface area contributed by atoms with Crippen LogP contribution in [0.2, 0.25) is 0 Å². The van der Waals surface area contributed by atoms with Crippen LogP contribution in [0.15, 0.2) is 24.3 Å². The lowest BCUT2D eigenvalue weighted by Gasteiger charge is -2.19.